The highest BCUT2D eigenvalue weighted by Gasteiger charge is 2.60. The van der Waals surface area contributed by atoms with Crippen LogP contribution in [-0.4, -0.2) is 31.1 Å². The van der Waals surface area contributed by atoms with Crippen molar-refractivity contribution in [3.63, 3.8) is 0 Å². The molecule has 0 radical (unpaired) electrons. The fourth-order valence-electron chi connectivity index (χ4n) is 4.87. The van der Waals surface area contributed by atoms with Gasteiger partial charge in [0.2, 0.25) is 5.54 Å². The van der Waals surface area contributed by atoms with Gasteiger partial charge in [-0.15, -0.1) is 0 Å². The number of aryl methyl sites for hydroxylation is 1. The number of aliphatic imine (C=N–C) groups is 1. The van der Waals surface area contributed by atoms with Crippen molar-refractivity contribution in [3.05, 3.63) is 138 Å². The fraction of sp³-hybridized carbons (Fsp3) is 0.161. The number of esters is 1. The van der Waals surface area contributed by atoms with E-state index >= 15 is 0 Å². The molecule has 0 fully saturated rings. The third kappa shape index (κ3) is 4.29. The molecular formula is C31H28N2O4S. The van der Waals surface area contributed by atoms with Gasteiger partial charge in [0.1, 0.15) is 11.9 Å². The minimum atomic E-state index is -4.18. The largest absolute Gasteiger partial charge is 0.464 e. The SMILES string of the molecule is CCOC(=O)[C@]1(c2ccccc2)N=C(c2ccccc2)N(S(=O)(=O)c2ccc(C)cc2)[C@@H]1c1ccccc1. The van der Waals surface area contributed by atoms with Gasteiger partial charge in [0.25, 0.3) is 10.0 Å². The number of ether oxygens (including phenoxy) is 1. The van der Waals surface area contributed by atoms with Crippen LogP contribution in [-0.2, 0) is 25.1 Å². The van der Waals surface area contributed by atoms with E-state index in [2.05, 4.69) is 0 Å². The summed E-state index contributed by atoms with van der Waals surface area (Å²) in [7, 11) is -4.18. The minimum Gasteiger partial charge on any atom is -0.464 e. The van der Waals surface area contributed by atoms with Crippen molar-refractivity contribution in [2.24, 2.45) is 4.99 Å². The fourth-order valence-corrected chi connectivity index (χ4v) is 6.50. The van der Waals surface area contributed by atoms with Crippen LogP contribution in [0.5, 0.6) is 0 Å². The molecule has 7 heteroatoms. The van der Waals surface area contributed by atoms with Crippen LogP contribution >= 0.6 is 0 Å². The third-order valence-corrected chi connectivity index (χ3v) is 8.42. The highest BCUT2D eigenvalue weighted by Crippen LogP contribution is 2.51. The molecule has 0 spiro atoms. The van der Waals surface area contributed by atoms with Crippen molar-refractivity contribution in [1.29, 1.82) is 0 Å². The van der Waals surface area contributed by atoms with Crippen LogP contribution in [0.1, 0.15) is 35.2 Å². The van der Waals surface area contributed by atoms with Gasteiger partial charge in [-0.3, -0.25) is 0 Å². The molecule has 0 saturated carbocycles. The van der Waals surface area contributed by atoms with Crippen LogP contribution in [0.15, 0.2) is 125 Å². The Kier molecular flexibility index (Phi) is 6.87. The minimum absolute atomic E-state index is 0.111. The summed E-state index contributed by atoms with van der Waals surface area (Å²) in [5, 5.41) is 0. The molecule has 1 aliphatic rings. The number of hydrogen-bond donors (Lipinski definition) is 0. The highest BCUT2D eigenvalue weighted by molar-refractivity contribution is 7.89. The maximum absolute atomic E-state index is 14.5. The second kappa shape index (κ2) is 10.3. The van der Waals surface area contributed by atoms with Gasteiger partial charge in [-0.2, -0.15) is 0 Å². The zero-order valence-electron chi connectivity index (χ0n) is 21.2. The molecular weight excluding hydrogens is 496 g/mol. The van der Waals surface area contributed by atoms with E-state index in [0.29, 0.717) is 16.7 Å². The first kappa shape index (κ1) is 25.4. The smallest absolute Gasteiger partial charge is 0.341 e. The molecule has 0 saturated heterocycles. The number of hydrogen-bond acceptors (Lipinski definition) is 5. The lowest BCUT2D eigenvalue weighted by Crippen LogP contribution is -2.46. The van der Waals surface area contributed by atoms with E-state index in [9.17, 15) is 13.2 Å². The average Bonchev–Trinajstić information content (AvgIpc) is 3.33. The summed E-state index contributed by atoms with van der Waals surface area (Å²) in [5.74, 6) is -0.438. The molecule has 0 aromatic heterocycles. The van der Waals surface area contributed by atoms with E-state index in [1.54, 1.807) is 55.5 Å². The summed E-state index contributed by atoms with van der Waals surface area (Å²) in [4.78, 5) is 19.2. The van der Waals surface area contributed by atoms with E-state index in [-0.39, 0.29) is 17.3 Å². The summed E-state index contributed by atoms with van der Waals surface area (Å²) >= 11 is 0. The predicted octanol–water partition coefficient (Wildman–Crippen LogP) is 5.65. The van der Waals surface area contributed by atoms with Crippen molar-refractivity contribution >= 4 is 21.8 Å². The number of benzene rings is 4. The molecule has 192 valence electrons. The van der Waals surface area contributed by atoms with Crippen molar-refractivity contribution in [1.82, 2.24) is 4.31 Å². The van der Waals surface area contributed by atoms with E-state index in [0.717, 1.165) is 5.56 Å². The first-order chi connectivity index (χ1) is 18.4. The standard InChI is InChI=1S/C31H28N2O4S/c1-3-37-30(34)31(26-17-11-6-12-18-26)28(24-13-7-4-8-14-24)33(29(32-31)25-15-9-5-10-16-25)38(35,36)27-21-19-23(2)20-22-27/h4-22,28H,3H2,1-2H3/t28-,31-/m1/s1. The molecule has 1 heterocycles. The molecule has 2 atom stereocenters. The Bertz CT molecular complexity index is 1550. The van der Waals surface area contributed by atoms with Crippen LogP contribution in [0.3, 0.4) is 0 Å². The summed E-state index contributed by atoms with van der Waals surface area (Å²) in [6.45, 7) is 3.75. The number of amidine groups is 1. The van der Waals surface area contributed by atoms with Crippen LogP contribution in [0.25, 0.3) is 0 Å². The van der Waals surface area contributed by atoms with Crippen LogP contribution in [0, 0.1) is 6.92 Å². The number of rotatable bonds is 7. The lowest BCUT2D eigenvalue weighted by molar-refractivity contribution is -0.151. The second-order valence-electron chi connectivity index (χ2n) is 9.08. The topological polar surface area (TPSA) is 76.0 Å². The van der Waals surface area contributed by atoms with Crippen LogP contribution in [0.2, 0.25) is 0 Å². The Morgan fingerprint density at radius 3 is 1.97 bits per heavy atom. The first-order valence-electron chi connectivity index (χ1n) is 12.4. The van der Waals surface area contributed by atoms with Crippen LogP contribution < -0.4 is 0 Å². The molecule has 6 nitrogen and oxygen atoms in total. The normalized spacial score (nSPS) is 19.2. The molecule has 0 amide bonds. The van der Waals surface area contributed by atoms with Gasteiger partial charge in [0, 0.05) is 5.56 Å². The summed E-state index contributed by atoms with van der Waals surface area (Å²) in [5.41, 5.74) is 0.997. The Balaban J connectivity index is 1.88. The molecule has 0 unspecified atom stereocenters. The maximum Gasteiger partial charge on any atom is 0.341 e. The van der Waals surface area contributed by atoms with Crippen molar-refractivity contribution < 1.29 is 17.9 Å². The van der Waals surface area contributed by atoms with Crippen molar-refractivity contribution in [3.8, 4) is 0 Å². The van der Waals surface area contributed by atoms with Gasteiger partial charge >= 0.3 is 5.97 Å². The van der Waals surface area contributed by atoms with E-state index in [1.807, 2.05) is 73.7 Å². The summed E-state index contributed by atoms with van der Waals surface area (Å²) in [6, 6.07) is 32.9. The zero-order valence-corrected chi connectivity index (χ0v) is 22.0. The molecule has 1 aliphatic heterocycles. The van der Waals surface area contributed by atoms with E-state index < -0.39 is 27.6 Å². The Hall–Kier alpha value is -4.23. The van der Waals surface area contributed by atoms with Crippen LogP contribution in [0.4, 0.5) is 0 Å². The molecule has 0 aliphatic carbocycles. The monoisotopic (exact) mass is 524 g/mol. The van der Waals surface area contributed by atoms with Gasteiger partial charge in [-0.25, -0.2) is 22.5 Å². The first-order valence-corrected chi connectivity index (χ1v) is 13.9. The lowest BCUT2D eigenvalue weighted by atomic mass is 9.80. The van der Waals surface area contributed by atoms with Gasteiger partial charge in [0.15, 0.2) is 0 Å². The highest BCUT2D eigenvalue weighted by atomic mass is 32.2. The Labute approximate surface area is 223 Å². The van der Waals surface area contributed by atoms with Gasteiger partial charge in [-0.1, -0.05) is 109 Å². The maximum atomic E-state index is 14.5. The average molecular weight is 525 g/mol. The zero-order chi connectivity index (χ0) is 26.8. The number of carbonyl (C=O) groups is 1. The Morgan fingerprint density at radius 2 is 1.39 bits per heavy atom. The molecule has 38 heavy (non-hydrogen) atoms. The van der Waals surface area contributed by atoms with Gasteiger partial charge < -0.3 is 4.74 Å². The van der Waals surface area contributed by atoms with Gasteiger partial charge in [-0.05, 0) is 37.1 Å². The molecule has 5 rings (SSSR count). The quantitative estimate of drug-likeness (QED) is 0.293. The van der Waals surface area contributed by atoms with E-state index in [4.69, 9.17) is 9.73 Å². The second-order valence-corrected chi connectivity index (χ2v) is 10.9. The summed E-state index contributed by atoms with van der Waals surface area (Å²) < 4.78 is 35.9. The summed E-state index contributed by atoms with van der Waals surface area (Å²) in [6.07, 6.45) is 0. The molecule has 4 aromatic rings. The van der Waals surface area contributed by atoms with Crippen molar-refractivity contribution in [2.75, 3.05) is 6.61 Å². The molecule has 4 aromatic carbocycles. The van der Waals surface area contributed by atoms with E-state index in [1.165, 1.54) is 4.31 Å². The van der Waals surface area contributed by atoms with Gasteiger partial charge in [0.05, 0.1) is 11.5 Å². The van der Waals surface area contributed by atoms with Crippen molar-refractivity contribution in [2.45, 2.75) is 30.3 Å². The predicted molar refractivity (Wildman–Crippen MR) is 147 cm³/mol. The number of sulfonamides is 1. The molecule has 0 N–H and O–H groups in total. The number of carbonyl (C=O) groups excluding carboxylic acids is 1. The number of nitrogens with zero attached hydrogens (tertiary/aromatic N) is 2. The third-order valence-electron chi connectivity index (χ3n) is 6.65. The lowest BCUT2D eigenvalue weighted by Gasteiger charge is -2.36. The molecule has 0 bridgehead atoms. The Morgan fingerprint density at radius 1 is 0.842 bits per heavy atom.